The van der Waals surface area contributed by atoms with Gasteiger partial charge in [-0.3, -0.25) is 4.98 Å². The Hall–Kier alpha value is -2.15. The van der Waals surface area contributed by atoms with Gasteiger partial charge in [0.05, 0.1) is 7.11 Å². The number of methoxy groups -OCH3 is 1. The number of pyridine rings is 1. The van der Waals surface area contributed by atoms with Gasteiger partial charge in [0.15, 0.2) is 11.5 Å². The van der Waals surface area contributed by atoms with E-state index >= 15 is 0 Å². The Balaban J connectivity index is 1.42. The topological polar surface area (TPSA) is 66.8 Å². The Bertz CT molecular complexity index is 749. The summed E-state index contributed by atoms with van der Waals surface area (Å²) in [5, 5.41) is 13.9. The predicted octanol–water partition coefficient (Wildman–Crippen LogP) is 3.43. The molecule has 1 atom stereocenters. The summed E-state index contributed by atoms with van der Waals surface area (Å²) in [6, 6.07) is 11.9. The molecule has 2 heterocycles. The molecule has 1 aliphatic heterocycles. The Labute approximate surface area is 186 Å². The van der Waals surface area contributed by atoms with E-state index in [0.29, 0.717) is 18.0 Å². The van der Waals surface area contributed by atoms with Gasteiger partial charge in [-0.1, -0.05) is 31.4 Å². The lowest BCUT2D eigenvalue weighted by molar-refractivity contribution is 0.0645. The van der Waals surface area contributed by atoms with Crippen LogP contribution in [0, 0.1) is 0 Å². The van der Waals surface area contributed by atoms with E-state index in [1.807, 2.05) is 42.6 Å². The Morgan fingerprint density at radius 1 is 1.06 bits per heavy atom. The number of ether oxygens (including phenoxy) is 2. The second-order valence-electron chi connectivity index (χ2n) is 8.27. The van der Waals surface area contributed by atoms with Gasteiger partial charge in [0.2, 0.25) is 0 Å². The maximum Gasteiger partial charge on any atom is 0.161 e. The molecule has 2 N–H and O–H groups in total. The summed E-state index contributed by atoms with van der Waals surface area (Å²) < 4.78 is 11.4. The number of likely N-dealkylation sites (tertiary alicyclic amines) is 1. The summed E-state index contributed by atoms with van der Waals surface area (Å²) in [5.74, 6) is 1.37. The molecule has 0 aliphatic carbocycles. The molecule has 1 saturated heterocycles. The van der Waals surface area contributed by atoms with Crippen LogP contribution in [-0.4, -0.2) is 61.0 Å². The van der Waals surface area contributed by atoms with Gasteiger partial charge in [-0.25, -0.2) is 0 Å². The van der Waals surface area contributed by atoms with Crippen molar-refractivity contribution >= 4 is 0 Å². The zero-order valence-corrected chi connectivity index (χ0v) is 18.8. The first kappa shape index (κ1) is 23.5. The van der Waals surface area contributed by atoms with E-state index in [-0.39, 0.29) is 6.61 Å². The number of aliphatic hydroxyl groups is 1. The normalized spacial score (nSPS) is 16.3. The third-order valence-corrected chi connectivity index (χ3v) is 5.69. The number of hydrogen-bond donors (Lipinski definition) is 2. The van der Waals surface area contributed by atoms with Gasteiger partial charge in [-0.2, -0.15) is 0 Å². The van der Waals surface area contributed by atoms with Crippen molar-refractivity contribution in [1.82, 2.24) is 15.2 Å². The zero-order valence-electron chi connectivity index (χ0n) is 18.8. The van der Waals surface area contributed by atoms with Crippen LogP contribution in [0.1, 0.15) is 43.4 Å². The van der Waals surface area contributed by atoms with Crippen molar-refractivity contribution in [3.05, 3.63) is 53.9 Å². The first-order chi connectivity index (χ1) is 15.2. The number of hydrogen-bond acceptors (Lipinski definition) is 6. The highest BCUT2D eigenvalue weighted by Crippen LogP contribution is 2.28. The van der Waals surface area contributed by atoms with Crippen LogP contribution in [0.25, 0.3) is 0 Å². The molecular weight excluding hydrogens is 390 g/mol. The standard InChI is InChI=1S/C25H37N3O3/c1-30-25-17-21(18-26-14-12-22-9-5-6-13-27-22)10-11-24(25)31-20-23(29)19-28-15-7-3-2-4-8-16-28/h5-6,9-11,13,17,23,26,29H,2-4,7-8,12,14-16,18-20H2,1H3/t23-/m1/s1. The van der Waals surface area contributed by atoms with Crippen LogP contribution in [0.4, 0.5) is 0 Å². The van der Waals surface area contributed by atoms with Crippen LogP contribution in [0.15, 0.2) is 42.6 Å². The third kappa shape index (κ3) is 8.48. The third-order valence-electron chi connectivity index (χ3n) is 5.69. The number of β-amino-alcohol motifs (C(OH)–C–C–N with tert-alkyl or cyclic N) is 1. The van der Waals surface area contributed by atoms with E-state index in [1.54, 1.807) is 7.11 Å². The van der Waals surface area contributed by atoms with E-state index in [1.165, 1.54) is 32.1 Å². The molecule has 0 radical (unpaired) electrons. The number of aliphatic hydroxyl groups excluding tert-OH is 1. The first-order valence-corrected chi connectivity index (χ1v) is 11.6. The molecule has 1 fully saturated rings. The van der Waals surface area contributed by atoms with Crippen molar-refractivity contribution in [2.24, 2.45) is 0 Å². The molecule has 6 nitrogen and oxygen atoms in total. The molecule has 170 valence electrons. The maximum atomic E-state index is 10.5. The Morgan fingerprint density at radius 2 is 1.87 bits per heavy atom. The summed E-state index contributed by atoms with van der Waals surface area (Å²) in [6.07, 6.45) is 8.60. The molecule has 3 rings (SSSR count). The molecule has 6 heteroatoms. The van der Waals surface area contributed by atoms with Crippen molar-refractivity contribution in [2.75, 3.05) is 39.9 Å². The molecule has 1 aliphatic rings. The van der Waals surface area contributed by atoms with Gasteiger partial charge in [0.1, 0.15) is 12.7 Å². The first-order valence-electron chi connectivity index (χ1n) is 11.6. The highest BCUT2D eigenvalue weighted by molar-refractivity contribution is 5.43. The Morgan fingerprint density at radius 3 is 2.61 bits per heavy atom. The van der Waals surface area contributed by atoms with Gasteiger partial charge in [-0.05, 0) is 55.8 Å². The van der Waals surface area contributed by atoms with Gasteiger partial charge in [0.25, 0.3) is 0 Å². The quantitative estimate of drug-likeness (QED) is 0.536. The summed E-state index contributed by atoms with van der Waals surface area (Å²) in [5.41, 5.74) is 2.22. The van der Waals surface area contributed by atoms with E-state index in [9.17, 15) is 5.11 Å². The molecule has 0 spiro atoms. The van der Waals surface area contributed by atoms with Crippen LogP contribution in [-0.2, 0) is 13.0 Å². The molecule has 31 heavy (non-hydrogen) atoms. The largest absolute Gasteiger partial charge is 0.493 e. The lowest BCUT2D eigenvalue weighted by Crippen LogP contribution is -2.37. The SMILES string of the molecule is COc1cc(CNCCc2ccccn2)ccc1OC[C@H](O)CN1CCCCCCC1. The maximum absolute atomic E-state index is 10.5. The summed E-state index contributed by atoms with van der Waals surface area (Å²) in [7, 11) is 1.65. The molecule has 0 unspecified atom stereocenters. The molecule has 0 amide bonds. The molecule has 2 aromatic rings. The van der Waals surface area contributed by atoms with Gasteiger partial charge in [-0.15, -0.1) is 0 Å². The van der Waals surface area contributed by atoms with E-state index < -0.39 is 6.10 Å². The van der Waals surface area contributed by atoms with Crippen molar-refractivity contribution in [3.8, 4) is 11.5 Å². The number of nitrogens with zero attached hydrogens (tertiary/aromatic N) is 2. The minimum absolute atomic E-state index is 0.272. The highest BCUT2D eigenvalue weighted by atomic mass is 16.5. The smallest absolute Gasteiger partial charge is 0.161 e. The molecule has 0 bridgehead atoms. The lowest BCUT2D eigenvalue weighted by atomic mass is 10.1. The average Bonchev–Trinajstić information content (AvgIpc) is 2.78. The fourth-order valence-electron chi connectivity index (χ4n) is 3.97. The Kier molecular flexibility index (Phi) is 10.1. The summed E-state index contributed by atoms with van der Waals surface area (Å²) in [4.78, 5) is 6.71. The predicted molar refractivity (Wildman–Crippen MR) is 124 cm³/mol. The highest BCUT2D eigenvalue weighted by Gasteiger charge is 2.15. The summed E-state index contributed by atoms with van der Waals surface area (Å²) >= 11 is 0. The van der Waals surface area contributed by atoms with Gasteiger partial charge >= 0.3 is 0 Å². The molecule has 1 aromatic carbocycles. The minimum atomic E-state index is -0.503. The van der Waals surface area contributed by atoms with Crippen LogP contribution in [0.5, 0.6) is 11.5 Å². The minimum Gasteiger partial charge on any atom is -0.493 e. The molecular formula is C25H37N3O3. The second-order valence-corrected chi connectivity index (χ2v) is 8.27. The van der Waals surface area contributed by atoms with Crippen molar-refractivity contribution in [3.63, 3.8) is 0 Å². The number of rotatable bonds is 11. The van der Waals surface area contributed by atoms with Crippen molar-refractivity contribution < 1.29 is 14.6 Å². The van der Waals surface area contributed by atoms with Crippen LogP contribution < -0.4 is 14.8 Å². The zero-order chi connectivity index (χ0) is 21.7. The van der Waals surface area contributed by atoms with Crippen LogP contribution in [0.3, 0.4) is 0 Å². The number of aromatic nitrogens is 1. The van der Waals surface area contributed by atoms with E-state index in [2.05, 4.69) is 15.2 Å². The fraction of sp³-hybridized carbons (Fsp3) is 0.560. The lowest BCUT2D eigenvalue weighted by Gasteiger charge is -2.26. The van der Waals surface area contributed by atoms with Crippen molar-refractivity contribution in [2.45, 2.75) is 51.2 Å². The summed E-state index contributed by atoms with van der Waals surface area (Å²) in [6.45, 7) is 4.70. The van der Waals surface area contributed by atoms with Gasteiger partial charge in [0, 0.05) is 37.9 Å². The molecule has 0 saturated carbocycles. The monoisotopic (exact) mass is 427 g/mol. The number of nitrogens with one attached hydrogen (secondary N) is 1. The number of benzene rings is 1. The van der Waals surface area contributed by atoms with Crippen molar-refractivity contribution in [1.29, 1.82) is 0 Å². The average molecular weight is 428 g/mol. The second kappa shape index (κ2) is 13.3. The fourth-order valence-corrected chi connectivity index (χ4v) is 3.97. The van der Waals surface area contributed by atoms with E-state index in [4.69, 9.17) is 9.47 Å². The molecule has 1 aromatic heterocycles. The van der Waals surface area contributed by atoms with E-state index in [0.717, 1.165) is 43.9 Å². The van der Waals surface area contributed by atoms with Gasteiger partial charge < -0.3 is 24.8 Å². The van der Waals surface area contributed by atoms with Crippen LogP contribution >= 0.6 is 0 Å². The van der Waals surface area contributed by atoms with Crippen LogP contribution in [0.2, 0.25) is 0 Å².